The van der Waals surface area contributed by atoms with Crippen LogP contribution < -0.4 is 10.2 Å². The first kappa shape index (κ1) is 15.2. The average Bonchev–Trinajstić information content (AvgIpc) is 2.46. The summed E-state index contributed by atoms with van der Waals surface area (Å²) in [7, 11) is 0. The standard InChI is InChI=1S/C12H9F5N2O2/c1-2-4-12(21)19(3-5(20)18-4)11-9(16)7(14)6(13)8(15)10(11)17/h4H,2-3H2,1H3,(H,18,20). The third kappa shape index (κ3) is 2.32. The average molecular weight is 308 g/mol. The minimum atomic E-state index is -2.32. The highest BCUT2D eigenvalue weighted by Crippen LogP contribution is 2.31. The van der Waals surface area contributed by atoms with Crippen LogP contribution in [-0.2, 0) is 9.59 Å². The zero-order valence-electron chi connectivity index (χ0n) is 10.6. The van der Waals surface area contributed by atoms with Crippen molar-refractivity contribution in [2.24, 2.45) is 0 Å². The van der Waals surface area contributed by atoms with Crippen molar-refractivity contribution >= 4 is 17.5 Å². The Kier molecular flexibility index (Phi) is 3.84. The van der Waals surface area contributed by atoms with Crippen molar-refractivity contribution < 1.29 is 31.5 Å². The lowest BCUT2D eigenvalue weighted by atomic mass is 10.1. The third-order valence-electron chi connectivity index (χ3n) is 3.07. The number of carbonyl (C=O) groups excluding carboxylic acids is 2. The second-order valence-electron chi connectivity index (χ2n) is 4.37. The van der Waals surface area contributed by atoms with Crippen molar-refractivity contribution in [3.05, 3.63) is 29.1 Å². The molecule has 1 aromatic rings. The molecule has 1 fully saturated rings. The minimum absolute atomic E-state index is 0.108. The van der Waals surface area contributed by atoms with Gasteiger partial charge in [0.25, 0.3) is 0 Å². The Labute approximate surface area is 115 Å². The number of hydrogen-bond acceptors (Lipinski definition) is 2. The zero-order valence-corrected chi connectivity index (χ0v) is 10.6. The van der Waals surface area contributed by atoms with Gasteiger partial charge in [0.05, 0.1) is 0 Å². The van der Waals surface area contributed by atoms with Crippen LogP contribution in [0.25, 0.3) is 0 Å². The SMILES string of the molecule is CCC1NC(=O)CN(c2c(F)c(F)c(F)c(F)c2F)C1=O. The molecule has 114 valence electrons. The molecule has 0 bridgehead atoms. The van der Waals surface area contributed by atoms with Gasteiger partial charge in [-0.3, -0.25) is 14.5 Å². The summed E-state index contributed by atoms with van der Waals surface area (Å²) in [6.45, 7) is 0.693. The molecule has 1 saturated heterocycles. The molecular weight excluding hydrogens is 299 g/mol. The van der Waals surface area contributed by atoms with Crippen LogP contribution >= 0.6 is 0 Å². The molecule has 9 heteroatoms. The van der Waals surface area contributed by atoms with E-state index in [-0.39, 0.29) is 11.3 Å². The summed E-state index contributed by atoms with van der Waals surface area (Å²) >= 11 is 0. The first-order valence-electron chi connectivity index (χ1n) is 5.91. The first-order chi connectivity index (χ1) is 9.79. The van der Waals surface area contributed by atoms with Crippen LogP contribution in [0.1, 0.15) is 13.3 Å². The molecule has 0 saturated carbocycles. The van der Waals surface area contributed by atoms with E-state index in [1.165, 1.54) is 6.92 Å². The molecule has 2 amide bonds. The molecule has 4 nitrogen and oxygen atoms in total. The number of nitrogens with zero attached hydrogens (tertiary/aromatic N) is 1. The van der Waals surface area contributed by atoms with Crippen LogP contribution in [0.3, 0.4) is 0 Å². The topological polar surface area (TPSA) is 49.4 Å². The molecule has 0 aromatic heterocycles. The lowest BCUT2D eigenvalue weighted by molar-refractivity contribution is -0.131. The second kappa shape index (κ2) is 5.30. The van der Waals surface area contributed by atoms with Gasteiger partial charge in [0.2, 0.25) is 17.6 Å². The van der Waals surface area contributed by atoms with Gasteiger partial charge in [-0.15, -0.1) is 0 Å². The highest BCUT2D eigenvalue weighted by molar-refractivity contribution is 6.06. The van der Waals surface area contributed by atoms with Crippen LogP contribution in [0.2, 0.25) is 0 Å². The van der Waals surface area contributed by atoms with Crippen LogP contribution in [0.4, 0.5) is 27.6 Å². The molecule has 1 heterocycles. The van der Waals surface area contributed by atoms with Crippen molar-refractivity contribution in [1.82, 2.24) is 5.32 Å². The summed E-state index contributed by atoms with van der Waals surface area (Å²) in [4.78, 5) is 23.6. The Morgan fingerprint density at radius 3 is 1.95 bits per heavy atom. The summed E-state index contributed by atoms with van der Waals surface area (Å²) < 4.78 is 66.6. The number of anilines is 1. The monoisotopic (exact) mass is 308 g/mol. The molecule has 1 N–H and O–H groups in total. The van der Waals surface area contributed by atoms with Crippen LogP contribution in [0, 0.1) is 29.1 Å². The third-order valence-corrected chi connectivity index (χ3v) is 3.07. The van der Waals surface area contributed by atoms with Gasteiger partial charge in [0.15, 0.2) is 23.3 Å². The lowest BCUT2D eigenvalue weighted by Gasteiger charge is -2.32. The molecule has 1 aliphatic heterocycles. The zero-order chi connectivity index (χ0) is 15.9. The molecule has 1 unspecified atom stereocenters. The Balaban J connectivity index is 2.60. The van der Waals surface area contributed by atoms with E-state index in [1.54, 1.807) is 0 Å². The maximum absolute atomic E-state index is 13.7. The van der Waals surface area contributed by atoms with Crippen molar-refractivity contribution in [1.29, 1.82) is 0 Å². The minimum Gasteiger partial charge on any atom is -0.343 e. The highest BCUT2D eigenvalue weighted by Gasteiger charge is 2.38. The van der Waals surface area contributed by atoms with Crippen LogP contribution in [-0.4, -0.2) is 24.4 Å². The Morgan fingerprint density at radius 1 is 1.00 bits per heavy atom. The predicted molar refractivity (Wildman–Crippen MR) is 60.8 cm³/mol. The fourth-order valence-corrected chi connectivity index (χ4v) is 2.01. The maximum atomic E-state index is 13.7. The number of halogens is 5. The number of nitrogens with one attached hydrogen (secondary N) is 1. The maximum Gasteiger partial charge on any atom is 0.250 e. The van der Waals surface area contributed by atoms with E-state index in [1.807, 2.05) is 0 Å². The summed E-state index contributed by atoms with van der Waals surface area (Å²) in [6.07, 6.45) is 0.108. The van der Waals surface area contributed by atoms with Gasteiger partial charge in [0, 0.05) is 0 Å². The van der Waals surface area contributed by atoms with Gasteiger partial charge in [-0.25, -0.2) is 22.0 Å². The second-order valence-corrected chi connectivity index (χ2v) is 4.37. The van der Waals surface area contributed by atoms with Gasteiger partial charge in [-0.2, -0.15) is 0 Å². The van der Waals surface area contributed by atoms with Crippen molar-refractivity contribution in [3.8, 4) is 0 Å². The van der Waals surface area contributed by atoms with Gasteiger partial charge < -0.3 is 5.32 Å². The lowest BCUT2D eigenvalue weighted by Crippen LogP contribution is -2.58. The molecule has 0 aliphatic carbocycles. The quantitative estimate of drug-likeness (QED) is 0.513. The van der Waals surface area contributed by atoms with E-state index in [2.05, 4.69) is 5.32 Å². The van der Waals surface area contributed by atoms with E-state index in [0.717, 1.165) is 0 Å². The molecule has 1 aliphatic rings. The van der Waals surface area contributed by atoms with Gasteiger partial charge in [-0.05, 0) is 6.42 Å². The molecule has 1 aromatic carbocycles. The van der Waals surface area contributed by atoms with Gasteiger partial charge >= 0.3 is 0 Å². The smallest absolute Gasteiger partial charge is 0.250 e. The van der Waals surface area contributed by atoms with Crippen LogP contribution in [0.15, 0.2) is 0 Å². The normalized spacial score (nSPS) is 19.0. The van der Waals surface area contributed by atoms with E-state index < -0.39 is 59.2 Å². The number of amides is 2. The Morgan fingerprint density at radius 2 is 1.48 bits per heavy atom. The first-order valence-corrected chi connectivity index (χ1v) is 5.91. The van der Waals surface area contributed by atoms with Gasteiger partial charge in [0.1, 0.15) is 18.3 Å². The largest absolute Gasteiger partial charge is 0.343 e. The number of benzene rings is 1. The molecule has 2 rings (SSSR count). The van der Waals surface area contributed by atoms with Crippen molar-refractivity contribution in [2.75, 3.05) is 11.4 Å². The highest BCUT2D eigenvalue weighted by atomic mass is 19.2. The number of rotatable bonds is 2. The van der Waals surface area contributed by atoms with Crippen LogP contribution in [0.5, 0.6) is 0 Å². The van der Waals surface area contributed by atoms with E-state index in [4.69, 9.17) is 0 Å². The molecule has 1 atom stereocenters. The van der Waals surface area contributed by atoms with E-state index in [9.17, 15) is 31.5 Å². The molecule has 0 spiro atoms. The Hall–Kier alpha value is -2.19. The summed E-state index contributed by atoms with van der Waals surface area (Å²) in [5.41, 5.74) is -1.41. The van der Waals surface area contributed by atoms with E-state index >= 15 is 0 Å². The summed E-state index contributed by atoms with van der Waals surface area (Å²) in [5.74, 6) is -12.7. The fourth-order valence-electron chi connectivity index (χ4n) is 2.01. The number of piperazine rings is 1. The summed E-state index contributed by atoms with van der Waals surface area (Å²) in [6, 6.07) is -1.08. The summed E-state index contributed by atoms with van der Waals surface area (Å²) in [5, 5.41) is 2.26. The molecule has 0 radical (unpaired) electrons. The van der Waals surface area contributed by atoms with Gasteiger partial charge in [-0.1, -0.05) is 6.92 Å². The van der Waals surface area contributed by atoms with Crippen molar-refractivity contribution in [3.63, 3.8) is 0 Å². The molecule has 21 heavy (non-hydrogen) atoms. The Bertz CT molecular complexity index is 606. The predicted octanol–water partition coefficient (Wildman–Crippen LogP) is 1.62. The number of carbonyl (C=O) groups is 2. The van der Waals surface area contributed by atoms with E-state index in [0.29, 0.717) is 0 Å². The van der Waals surface area contributed by atoms with Crippen molar-refractivity contribution in [2.45, 2.75) is 19.4 Å². The fraction of sp³-hybridized carbons (Fsp3) is 0.333. The number of hydrogen-bond donors (Lipinski definition) is 1. The molecular formula is C12H9F5N2O2.